The van der Waals surface area contributed by atoms with Crippen LogP contribution in [0, 0.1) is 18.3 Å². The molecule has 0 saturated heterocycles. The minimum absolute atomic E-state index is 0.0391. The number of nitrogens with zero attached hydrogens (tertiary/aromatic N) is 1. The second kappa shape index (κ2) is 6.16. The van der Waals surface area contributed by atoms with Crippen LogP contribution < -0.4 is 0 Å². The maximum Gasteiger partial charge on any atom is 0.216 e. The average molecular weight is 357 g/mol. The highest BCUT2D eigenvalue weighted by Crippen LogP contribution is 2.28. The number of H-pyrrole nitrogens is 1. The molecule has 6 heteroatoms. The second-order valence-corrected chi connectivity index (χ2v) is 7.64. The molecule has 0 aliphatic rings. The summed E-state index contributed by atoms with van der Waals surface area (Å²) in [5.41, 5.74) is 2.39. The van der Waals surface area contributed by atoms with Crippen LogP contribution in [-0.2, 0) is 9.84 Å². The van der Waals surface area contributed by atoms with E-state index in [0.29, 0.717) is 10.6 Å². The lowest BCUT2D eigenvalue weighted by molar-refractivity contribution is 0.603. The van der Waals surface area contributed by atoms with Gasteiger partial charge in [-0.3, -0.25) is 0 Å². The number of aryl methyl sites for hydroxylation is 1. The number of aromatic amines is 1. The van der Waals surface area contributed by atoms with Crippen molar-refractivity contribution < 1.29 is 8.42 Å². The highest BCUT2D eigenvalue weighted by molar-refractivity contribution is 7.95. The SMILES string of the molecule is Cc1[nH]c2ccccc2c1/C=C(\C#N)S(=O)(=O)c1ccc(Cl)cc1. The van der Waals surface area contributed by atoms with Crippen molar-refractivity contribution in [1.29, 1.82) is 5.26 Å². The third kappa shape index (κ3) is 2.82. The van der Waals surface area contributed by atoms with Crippen molar-refractivity contribution in [3.8, 4) is 6.07 Å². The molecule has 0 saturated carbocycles. The number of fused-ring (bicyclic) bond motifs is 1. The Balaban J connectivity index is 2.17. The predicted molar refractivity (Wildman–Crippen MR) is 95.3 cm³/mol. The van der Waals surface area contributed by atoms with E-state index in [2.05, 4.69) is 4.98 Å². The van der Waals surface area contributed by atoms with E-state index in [1.54, 1.807) is 0 Å². The van der Waals surface area contributed by atoms with E-state index in [0.717, 1.165) is 16.6 Å². The zero-order chi connectivity index (χ0) is 17.3. The molecule has 1 aromatic heterocycles. The van der Waals surface area contributed by atoms with Crippen LogP contribution in [0.15, 0.2) is 58.3 Å². The van der Waals surface area contributed by atoms with Crippen molar-refractivity contribution in [1.82, 2.24) is 4.98 Å². The van der Waals surface area contributed by atoms with E-state index in [-0.39, 0.29) is 9.80 Å². The van der Waals surface area contributed by atoms with Gasteiger partial charge in [0.25, 0.3) is 0 Å². The van der Waals surface area contributed by atoms with Gasteiger partial charge in [0.1, 0.15) is 11.0 Å². The fourth-order valence-corrected chi connectivity index (χ4v) is 3.79. The average Bonchev–Trinajstić information content (AvgIpc) is 2.88. The summed E-state index contributed by atoms with van der Waals surface area (Å²) in [5.74, 6) is 0. The summed E-state index contributed by atoms with van der Waals surface area (Å²) in [6.45, 7) is 1.84. The normalized spacial score (nSPS) is 12.3. The molecule has 24 heavy (non-hydrogen) atoms. The first-order valence-electron chi connectivity index (χ1n) is 7.13. The third-order valence-corrected chi connectivity index (χ3v) is 5.68. The van der Waals surface area contributed by atoms with Crippen LogP contribution in [0.2, 0.25) is 5.02 Å². The molecule has 0 atom stereocenters. The Morgan fingerprint density at radius 2 is 1.83 bits per heavy atom. The Kier molecular flexibility index (Phi) is 4.18. The van der Waals surface area contributed by atoms with Gasteiger partial charge in [0.15, 0.2) is 0 Å². The Hall–Kier alpha value is -2.55. The van der Waals surface area contributed by atoms with Crippen molar-refractivity contribution in [3.63, 3.8) is 0 Å². The minimum Gasteiger partial charge on any atom is -0.358 e. The molecule has 0 bridgehead atoms. The number of nitrogens with one attached hydrogen (secondary N) is 1. The quantitative estimate of drug-likeness (QED) is 0.703. The molecule has 2 aromatic carbocycles. The van der Waals surface area contributed by atoms with Crippen LogP contribution in [0.3, 0.4) is 0 Å². The highest BCUT2D eigenvalue weighted by Gasteiger charge is 2.21. The van der Waals surface area contributed by atoms with Crippen LogP contribution in [0.1, 0.15) is 11.3 Å². The van der Waals surface area contributed by atoms with Crippen LogP contribution in [0.5, 0.6) is 0 Å². The van der Waals surface area contributed by atoms with Gasteiger partial charge in [-0.05, 0) is 43.3 Å². The first-order valence-corrected chi connectivity index (χ1v) is 8.99. The fraction of sp³-hybridized carbons (Fsp3) is 0.0556. The van der Waals surface area contributed by atoms with Crippen molar-refractivity contribution in [2.45, 2.75) is 11.8 Å². The lowest BCUT2D eigenvalue weighted by Gasteiger charge is -2.03. The molecule has 0 aliphatic heterocycles. The molecular weight excluding hydrogens is 344 g/mol. The van der Waals surface area contributed by atoms with Crippen molar-refractivity contribution in [3.05, 3.63) is 69.7 Å². The molecular formula is C18H13ClN2O2S. The van der Waals surface area contributed by atoms with Crippen molar-refractivity contribution >= 4 is 38.4 Å². The number of para-hydroxylation sites is 1. The van der Waals surface area contributed by atoms with Crippen LogP contribution >= 0.6 is 11.6 Å². The zero-order valence-electron chi connectivity index (χ0n) is 12.7. The lowest BCUT2D eigenvalue weighted by atomic mass is 10.1. The third-order valence-electron chi connectivity index (χ3n) is 3.74. The van der Waals surface area contributed by atoms with Gasteiger partial charge in [0.2, 0.25) is 9.84 Å². The number of halogens is 1. The molecule has 4 nitrogen and oxygen atoms in total. The summed E-state index contributed by atoms with van der Waals surface area (Å²) in [5, 5.41) is 10.7. The molecule has 120 valence electrons. The minimum atomic E-state index is -3.90. The summed E-state index contributed by atoms with van der Waals surface area (Å²) in [6, 6.07) is 15.1. The molecule has 0 aliphatic carbocycles. The molecule has 0 unspecified atom stereocenters. The van der Waals surface area contributed by atoms with Gasteiger partial charge in [-0.1, -0.05) is 29.8 Å². The number of rotatable bonds is 3. The smallest absolute Gasteiger partial charge is 0.216 e. The Morgan fingerprint density at radius 3 is 2.50 bits per heavy atom. The molecule has 1 heterocycles. The standard InChI is InChI=1S/C18H13ClN2O2S/c1-12-17(16-4-2-3-5-18(16)21-12)10-15(11-20)24(22,23)14-8-6-13(19)7-9-14/h2-10,21H,1H3/b15-10+. The van der Waals surface area contributed by atoms with E-state index < -0.39 is 9.84 Å². The predicted octanol–water partition coefficient (Wildman–Crippen LogP) is 4.47. The summed E-state index contributed by atoms with van der Waals surface area (Å²) < 4.78 is 25.4. The summed E-state index contributed by atoms with van der Waals surface area (Å²) in [4.78, 5) is 2.92. The Bertz CT molecular complexity index is 1090. The molecule has 0 fully saturated rings. The number of nitriles is 1. The first-order chi connectivity index (χ1) is 11.4. The summed E-state index contributed by atoms with van der Waals surface area (Å²) in [7, 11) is -3.90. The summed E-state index contributed by atoms with van der Waals surface area (Å²) in [6.07, 6.45) is 1.41. The van der Waals surface area contributed by atoms with Gasteiger partial charge in [0.05, 0.1) is 4.90 Å². The van der Waals surface area contributed by atoms with E-state index in [9.17, 15) is 13.7 Å². The zero-order valence-corrected chi connectivity index (χ0v) is 14.3. The number of hydrogen-bond acceptors (Lipinski definition) is 3. The maximum atomic E-state index is 12.7. The van der Waals surface area contributed by atoms with Gasteiger partial charge >= 0.3 is 0 Å². The topological polar surface area (TPSA) is 73.7 Å². The van der Waals surface area contributed by atoms with Gasteiger partial charge in [-0.25, -0.2) is 8.42 Å². The van der Waals surface area contributed by atoms with Gasteiger partial charge < -0.3 is 4.98 Å². The molecule has 3 aromatic rings. The molecule has 0 radical (unpaired) electrons. The van der Waals surface area contributed by atoms with E-state index in [1.165, 1.54) is 30.3 Å². The lowest BCUT2D eigenvalue weighted by Crippen LogP contribution is -2.03. The van der Waals surface area contributed by atoms with Crippen LogP contribution in [0.25, 0.3) is 17.0 Å². The van der Waals surface area contributed by atoms with Gasteiger partial charge in [0, 0.05) is 27.2 Å². The number of hydrogen-bond donors (Lipinski definition) is 1. The van der Waals surface area contributed by atoms with E-state index in [4.69, 9.17) is 11.6 Å². The monoisotopic (exact) mass is 356 g/mol. The molecule has 0 spiro atoms. The maximum absolute atomic E-state index is 12.7. The van der Waals surface area contributed by atoms with Gasteiger partial charge in [-0.2, -0.15) is 5.26 Å². The number of aromatic nitrogens is 1. The van der Waals surface area contributed by atoms with Crippen molar-refractivity contribution in [2.24, 2.45) is 0 Å². The van der Waals surface area contributed by atoms with E-state index >= 15 is 0 Å². The molecule has 1 N–H and O–H groups in total. The van der Waals surface area contributed by atoms with Crippen LogP contribution in [0.4, 0.5) is 0 Å². The Morgan fingerprint density at radius 1 is 1.17 bits per heavy atom. The summed E-state index contributed by atoms with van der Waals surface area (Å²) >= 11 is 5.80. The van der Waals surface area contributed by atoms with Crippen molar-refractivity contribution in [2.75, 3.05) is 0 Å². The number of sulfone groups is 1. The number of benzene rings is 2. The van der Waals surface area contributed by atoms with Crippen LogP contribution in [-0.4, -0.2) is 13.4 Å². The molecule has 0 amide bonds. The first kappa shape index (κ1) is 16.3. The highest BCUT2D eigenvalue weighted by atomic mass is 35.5. The fourth-order valence-electron chi connectivity index (χ4n) is 2.53. The second-order valence-electron chi connectivity index (χ2n) is 5.29. The number of allylic oxidation sites excluding steroid dienone is 1. The largest absolute Gasteiger partial charge is 0.358 e. The van der Waals surface area contributed by atoms with E-state index in [1.807, 2.05) is 37.3 Å². The molecule has 3 rings (SSSR count). The van der Waals surface area contributed by atoms with Gasteiger partial charge in [-0.15, -0.1) is 0 Å². The Labute approximate surface area is 144 Å².